The number of hydrogen-bond acceptors (Lipinski definition) is 2. The first-order valence-corrected chi connectivity index (χ1v) is 7.03. The van der Waals surface area contributed by atoms with Crippen LogP contribution in [-0.2, 0) is 4.79 Å². The maximum Gasteiger partial charge on any atom is 0.252 e. The fourth-order valence-corrected chi connectivity index (χ4v) is 2.80. The lowest BCUT2D eigenvalue weighted by atomic mass is 9.83. The van der Waals surface area contributed by atoms with E-state index in [1.807, 2.05) is 0 Å². The monoisotopic (exact) mass is 296 g/mol. The molecule has 21 heavy (non-hydrogen) atoms. The lowest BCUT2D eigenvalue weighted by Gasteiger charge is -2.28. The molecule has 1 atom stereocenters. The number of rotatable bonds is 4. The van der Waals surface area contributed by atoms with E-state index in [4.69, 9.17) is 5.73 Å². The molecule has 2 amide bonds. The SMILES string of the molecule is NC(=O)[C@H](NC(=O)c1cc(F)cc(F)c1)C1CCCCC1. The molecule has 0 aliphatic heterocycles. The highest BCUT2D eigenvalue weighted by molar-refractivity contribution is 5.97. The van der Waals surface area contributed by atoms with Crippen LogP contribution in [0, 0.1) is 17.6 Å². The van der Waals surface area contributed by atoms with Gasteiger partial charge in [0.1, 0.15) is 17.7 Å². The van der Waals surface area contributed by atoms with Gasteiger partial charge < -0.3 is 11.1 Å². The molecule has 1 aliphatic rings. The van der Waals surface area contributed by atoms with Gasteiger partial charge in [-0.3, -0.25) is 9.59 Å². The first-order valence-electron chi connectivity index (χ1n) is 7.03. The van der Waals surface area contributed by atoms with Crippen LogP contribution in [0.3, 0.4) is 0 Å². The highest BCUT2D eigenvalue weighted by atomic mass is 19.1. The minimum Gasteiger partial charge on any atom is -0.368 e. The molecule has 4 nitrogen and oxygen atoms in total. The van der Waals surface area contributed by atoms with E-state index in [1.165, 1.54) is 0 Å². The lowest BCUT2D eigenvalue weighted by molar-refractivity contribution is -0.121. The molecule has 0 radical (unpaired) electrons. The van der Waals surface area contributed by atoms with Crippen molar-refractivity contribution in [3.05, 3.63) is 35.4 Å². The minimum absolute atomic E-state index is 0.0152. The van der Waals surface area contributed by atoms with E-state index in [0.717, 1.165) is 44.2 Å². The number of primary amides is 1. The fraction of sp³-hybridized carbons (Fsp3) is 0.467. The van der Waals surface area contributed by atoms with Crippen molar-refractivity contribution >= 4 is 11.8 Å². The summed E-state index contributed by atoms with van der Waals surface area (Å²) in [7, 11) is 0. The number of hydrogen-bond donors (Lipinski definition) is 2. The maximum absolute atomic E-state index is 13.1. The molecule has 0 spiro atoms. The quantitative estimate of drug-likeness (QED) is 0.893. The summed E-state index contributed by atoms with van der Waals surface area (Å²) < 4.78 is 26.3. The lowest BCUT2D eigenvalue weighted by Crippen LogP contribution is -2.49. The molecule has 2 rings (SSSR count). The van der Waals surface area contributed by atoms with Gasteiger partial charge in [-0.1, -0.05) is 19.3 Å². The molecule has 1 fully saturated rings. The van der Waals surface area contributed by atoms with E-state index in [-0.39, 0.29) is 11.5 Å². The van der Waals surface area contributed by atoms with E-state index in [2.05, 4.69) is 5.32 Å². The summed E-state index contributed by atoms with van der Waals surface area (Å²) in [6.07, 6.45) is 4.69. The Bertz CT molecular complexity index is 522. The topological polar surface area (TPSA) is 72.2 Å². The summed E-state index contributed by atoms with van der Waals surface area (Å²) in [4.78, 5) is 23.6. The molecule has 1 aliphatic carbocycles. The number of nitrogens with two attached hydrogens (primary N) is 1. The molecule has 0 unspecified atom stereocenters. The van der Waals surface area contributed by atoms with Crippen molar-refractivity contribution in [2.75, 3.05) is 0 Å². The highest BCUT2D eigenvalue weighted by Crippen LogP contribution is 2.26. The van der Waals surface area contributed by atoms with Crippen molar-refractivity contribution in [2.45, 2.75) is 38.1 Å². The molecule has 3 N–H and O–H groups in total. The van der Waals surface area contributed by atoms with Crippen LogP contribution in [0.25, 0.3) is 0 Å². The van der Waals surface area contributed by atoms with Crippen LogP contribution in [0.5, 0.6) is 0 Å². The first-order chi connectivity index (χ1) is 9.97. The van der Waals surface area contributed by atoms with Crippen molar-refractivity contribution in [1.82, 2.24) is 5.32 Å². The number of nitrogens with one attached hydrogen (secondary N) is 1. The van der Waals surface area contributed by atoms with Crippen molar-refractivity contribution in [2.24, 2.45) is 11.7 Å². The molecule has 114 valence electrons. The minimum atomic E-state index is -0.839. The van der Waals surface area contributed by atoms with Crippen molar-refractivity contribution in [3.63, 3.8) is 0 Å². The third-order valence-corrected chi connectivity index (χ3v) is 3.84. The zero-order valence-corrected chi connectivity index (χ0v) is 11.6. The van der Waals surface area contributed by atoms with Crippen LogP contribution in [0.2, 0.25) is 0 Å². The van der Waals surface area contributed by atoms with Gasteiger partial charge in [-0.15, -0.1) is 0 Å². The first kappa shape index (κ1) is 15.4. The second kappa shape index (κ2) is 6.65. The summed E-state index contributed by atoms with van der Waals surface area (Å²) in [5, 5.41) is 2.51. The summed E-state index contributed by atoms with van der Waals surface area (Å²) >= 11 is 0. The molecule has 6 heteroatoms. The Morgan fingerprint density at radius 2 is 1.67 bits per heavy atom. The fourth-order valence-electron chi connectivity index (χ4n) is 2.80. The third-order valence-electron chi connectivity index (χ3n) is 3.84. The normalized spacial score (nSPS) is 17.2. The molecule has 1 aromatic rings. The van der Waals surface area contributed by atoms with Crippen LogP contribution < -0.4 is 11.1 Å². The number of carbonyl (C=O) groups excluding carboxylic acids is 2. The summed E-state index contributed by atoms with van der Waals surface area (Å²) in [6, 6.07) is 1.74. The molecule has 0 bridgehead atoms. The largest absolute Gasteiger partial charge is 0.368 e. The Kier molecular flexibility index (Phi) is 4.88. The second-order valence-corrected chi connectivity index (χ2v) is 5.41. The van der Waals surface area contributed by atoms with Crippen molar-refractivity contribution < 1.29 is 18.4 Å². The predicted molar refractivity (Wildman–Crippen MR) is 73.4 cm³/mol. The smallest absolute Gasteiger partial charge is 0.252 e. The average molecular weight is 296 g/mol. The summed E-state index contributed by atoms with van der Waals surface area (Å²) in [6.45, 7) is 0. The Hall–Kier alpha value is -1.98. The van der Waals surface area contributed by atoms with E-state index < -0.39 is 29.5 Å². The Morgan fingerprint density at radius 3 is 2.19 bits per heavy atom. The van der Waals surface area contributed by atoms with E-state index in [0.29, 0.717) is 6.07 Å². The van der Waals surface area contributed by atoms with Crippen molar-refractivity contribution in [3.8, 4) is 0 Å². The molecule has 1 aromatic carbocycles. The van der Waals surface area contributed by atoms with Gasteiger partial charge >= 0.3 is 0 Å². The van der Waals surface area contributed by atoms with Crippen LogP contribution in [0.1, 0.15) is 42.5 Å². The van der Waals surface area contributed by atoms with Gasteiger partial charge in [-0.05, 0) is 30.9 Å². The summed E-state index contributed by atoms with van der Waals surface area (Å²) in [5.41, 5.74) is 5.19. The Labute approximate surface area is 121 Å². The number of benzene rings is 1. The van der Waals surface area contributed by atoms with E-state index in [9.17, 15) is 18.4 Å². The van der Waals surface area contributed by atoms with Gasteiger partial charge in [0.2, 0.25) is 5.91 Å². The highest BCUT2D eigenvalue weighted by Gasteiger charge is 2.29. The number of amides is 2. The van der Waals surface area contributed by atoms with Gasteiger partial charge in [-0.25, -0.2) is 8.78 Å². The molecule has 1 saturated carbocycles. The molecular weight excluding hydrogens is 278 g/mol. The van der Waals surface area contributed by atoms with Gasteiger partial charge in [0.15, 0.2) is 0 Å². The molecular formula is C15H18F2N2O2. The van der Waals surface area contributed by atoms with E-state index >= 15 is 0 Å². The van der Waals surface area contributed by atoms with Crippen LogP contribution in [-0.4, -0.2) is 17.9 Å². The molecule has 0 aromatic heterocycles. The second-order valence-electron chi connectivity index (χ2n) is 5.41. The van der Waals surface area contributed by atoms with Crippen LogP contribution in [0.15, 0.2) is 18.2 Å². The number of carbonyl (C=O) groups is 2. The van der Waals surface area contributed by atoms with Gasteiger partial charge in [0, 0.05) is 11.6 Å². The standard InChI is InChI=1S/C15H18F2N2O2/c16-11-6-10(7-12(17)8-11)15(21)19-13(14(18)20)9-4-2-1-3-5-9/h6-9,13H,1-5H2,(H2,18,20)(H,19,21)/t13-/m1/s1. The van der Waals surface area contributed by atoms with Crippen molar-refractivity contribution in [1.29, 1.82) is 0 Å². The number of halogens is 2. The molecule has 0 heterocycles. The molecule has 0 saturated heterocycles. The van der Waals surface area contributed by atoms with Crippen LogP contribution >= 0.6 is 0 Å². The van der Waals surface area contributed by atoms with Crippen LogP contribution in [0.4, 0.5) is 8.78 Å². The van der Waals surface area contributed by atoms with Gasteiger partial charge in [-0.2, -0.15) is 0 Å². The average Bonchev–Trinajstić information content (AvgIpc) is 2.44. The zero-order chi connectivity index (χ0) is 15.4. The predicted octanol–water partition coefficient (Wildman–Crippen LogP) is 2.13. The summed E-state index contributed by atoms with van der Waals surface area (Å²) in [5.74, 6) is -3.00. The Balaban J connectivity index is 2.12. The maximum atomic E-state index is 13.1. The van der Waals surface area contributed by atoms with E-state index in [1.54, 1.807) is 0 Å². The third kappa shape index (κ3) is 4.00. The zero-order valence-electron chi connectivity index (χ0n) is 11.6. The Morgan fingerprint density at radius 1 is 1.10 bits per heavy atom. The van der Waals surface area contributed by atoms with Gasteiger partial charge in [0.05, 0.1) is 0 Å². The van der Waals surface area contributed by atoms with Gasteiger partial charge in [0.25, 0.3) is 5.91 Å².